The molecule has 2 aliphatic rings. The highest BCUT2D eigenvalue weighted by molar-refractivity contribution is 5.63. The van der Waals surface area contributed by atoms with Gasteiger partial charge in [0.25, 0.3) is 0 Å². The lowest BCUT2D eigenvalue weighted by Crippen LogP contribution is -2.22. The third-order valence-electron chi connectivity index (χ3n) is 3.35. The van der Waals surface area contributed by atoms with Crippen LogP contribution in [0.4, 0.5) is 0 Å². The fourth-order valence-corrected chi connectivity index (χ4v) is 2.45. The van der Waals surface area contributed by atoms with Crippen molar-refractivity contribution in [3.8, 4) is 0 Å². The summed E-state index contributed by atoms with van der Waals surface area (Å²) in [6.07, 6.45) is 6.38. The van der Waals surface area contributed by atoms with Gasteiger partial charge in [0.15, 0.2) is 0 Å². The second kappa shape index (κ2) is 4.35. The third-order valence-corrected chi connectivity index (χ3v) is 3.35. The highest BCUT2D eigenvalue weighted by atomic mass is 15.4. The zero-order valence-electron chi connectivity index (χ0n) is 9.32. The highest BCUT2D eigenvalue weighted by Gasteiger charge is 2.21. The van der Waals surface area contributed by atoms with Crippen molar-refractivity contribution in [2.45, 2.75) is 18.9 Å². The van der Waals surface area contributed by atoms with Gasteiger partial charge in [0, 0.05) is 13.1 Å². The quantitative estimate of drug-likeness (QED) is 0.745. The van der Waals surface area contributed by atoms with Crippen molar-refractivity contribution in [1.29, 1.82) is 0 Å². The van der Waals surface area contributed by atoms with Gasteiger partial charge < -0.3 is 10.6 Å². The zero-order valence-corrected chi connectivity index (χ0v) is 9.32. The van der Waals surface area contributed by atoms with E-state index in [0.29, 0.717) is 6.04 Å². The second-order valence-corrected chi connectivity index (χ2v) is 4.39. The topological polar surface area (TPSA) is 54.8 Å². The number of rotatable bonds is 2. The molecule has 0 aliphatic carbocycles. The molecule has 0 bridgehead atoms. The van der Waals surface area contributed by atoms with Crippen molar-refractivity contribution in [1.82, 2.24) is 25.6 Å². The van der Waals surface area contributed by atoms with E-state index >= 15 is 0 Å². The van der Waals surface area contributed by atoms with E-state index < -0.39 is 0 Å². The van der Waals surface area contributed by atoms with Gasteiger partial charge in [-0.2, -0.15) is 0 Å². The fourth-order valence-electron chi connectivity index (χ4n) is 2.45. The zero-order chi connectivity index (χ0) is 10.8. The number of aromatic nitrogens is 3. The van der Waals surface area contributed by atoms with Crippen LogP contribution in [0.2, 0.25) is 0 Å². The van der Waals surface area contributed by atoms with Crippen LogP contribution in [0.5, 0.6) is 0 Å². The van der Waals surface area contributed by atoms with E-state index in [0.717, 1.165) is 39.0 Å². The Bertz CT molecular complexity index is 389. The smallest absolute Gasteiger partial charge is 0.0846 e. The largest absolute Gasteiger partial charge is 0.315 e. The molecular formula is C11H17N5. The maximum atomic E-state index is 4.24. The fraction of sp³-hybridized carbons (Fsp3) is 0.636. The molecule has 1 aromatic rings. The average Bonchev–Trinajstić information content (AvgIpc) is 3.01. The summed E-state index contributed by atoms with van der Waals surface area (Å²) < 4.78 is 2.09. The maximum absolute atomic E-state index is 4.24. The van der Waals surface area contributed by atoms with Crippen molar-refractivity contribution >= 4 is 5.57 Å². The molecule has 5 heteroatoms. The van der Waals surface area contributed by atoms with Crippen molar-refractivity contribution < 1.29 is 0 Å². The van der Waals surface area contributed by atoms with Crippen LogP contribution in [0.3, 0.4) is 0 Å². The average molecular weight is 219 g/mol. The molecule has 1 fully saturated rings. The molecule has 1 saturated heterocycles. The Morgan fingerprint density at radius 1 is 1.31 bits per heavy atom. The van der Waals surface area contributed by atoms with Crippen LogP contribution in [0.1, 0.15) is 24.6 Å². The minimum absolute atomic E-state index is 0.480. The predicted molar refractivity (Wildman–Crippen MR) is 62.0 cm³/mol. The van der Waals surface area contributed by atoms with Gasteiger partial charge >= 0.3 is 0 Å². The molecule has 1 unspecified atom stereocenters. The van der Waals surface area contributed by atoms with E-state index in [9.17, 15) is 0 Å². The van der Waals surface area contributed by atoms with Crippen molar-refractivity contribution in [2.24, 2.45) is 0 Å². The summed E-state index contributed by atoms with van der Waals surface area (Å²) in [5, 5.41) is 15.0. The molecule has 0 aromatic carbocycles. The van der Waals surface area contributed by atoms with E-state index in [2.05, 4.69) is 31.7 Å². The lowest BCUT2D eigenvalue weighted by molar-refractivity contribution is 0.470. The first-order chi connectivity index (χ1) is 7.95. The molecule has 3 rings (SSSR count). The maximum Gasteiger partial charge on any atom is 0.0846 e. The second-order valence-electron chi connectivity index (χ2n) is 4.39. The molecule has 5 nitrogen and oxygen atoms in total. The van der Waals surface area contributed by atoms with Crippen LogP contribution < -0.4 is 10.6 Å². The molecule has 1 aromatic heterocycles. The lowest BCUT2D eigenvalue weighted by atomic mass is 10.1. The van der Waals surface area contributed by atoms with Crippen LogP contribution in [-0.4, -0.2) is 41.2 Å². The van der Waals surface area contributed by atoms with Gasteiger partial charge in [-0.15, -0.1) is 5.10 Å². The number of hydrogen-bond acceptors (Lipinski definition) is 4. The lowest BCUT2D eigenvalue weighted by Gasteiger charge is -2.17. The van der Waals surface area contributed by atoms with Gasteiger partial charge in [-0.3, -0.25) is 0 Å². The molecule has 0 spiro atoms. The normalized spacial score (nSPS) is 25.8. The van der Waals surface area contributed by atoms with Gasteiger partial charge in [-0.05, 0) is 31.5 Å². The molecule has 0 saturated carbocycles. The first-order valence-electron chi connectivity index (χ1n) is 5.96. The summed E-state index contributed by atoms with van der Waals surface area (Å²) >= 11 is 0. The van der Waals surface area contributed by atoms with Crippen molar-refractivity contribution in [3.63, 3.8) is 0 Å². The van der Waals surface area contributed by atoms with Crippen LogP contribution in [0.25, 0.3) is 5.57 Å². The molecule has 2 N–H and O–H groups in total. The third kappa shape index (κ3) is 1.76. The minimum Gasteiger partial charge on any atom is -0.315 e. The Kier molecular flexibility index (Phi) is 2.71. The van der Waals surface area contributed by atoms with E-state index in [4.69, 9.17) is 0 Å². The van der Waals surface area contributed by atoms with Crippen LogP contribution in [0, 0.1) is 0 Å². The molecular weight excluding hydrogens is 202 g/mol. The first kappa shape index (κ1) is 9.99. The molecule has 86 valence electrons. The SMILES string of the molecule is C1=C(c2cnnn2C2CCNC2)CCNC1. The molecule has 2 aliphatic heterocycles. The summed E-state index contributed by atoms with van der Waals surface area (Å²) in [7, 11) is 0. The van der Waals surface area contributed by atoms with Gasteiger partial charge in [0.05, 0.1) is 17.9 Å². The summed E-state index contributed by atoms with van der Waals surface area (Å²) in [5.74, 6) is 0. The van der Waals surface area contributed by atoms with E-state index in [1.165, 1.54) is 11.3 Å². The van der Waals surface area contributed by atoms with Crippen LogP contribution in [0.15, 0.2) is 12.3 Å². The Balaban J connectivity index is 1.89. The van der Waals surface area contributed by atoms with E-state index in [1.54, 1.807) is 0 Å². The van der Waals surface area contributed by atoms with Gasteiger partial charge in [-0.1, -0.05) is 11.3 Å². The monoisotopic (exact) mass is 219 g/mol. The predicted octanol–water partition coefficient (Wildman–Crippen LogP) is 0.189. The van der Waals surface area contributed by atoms with Crippen LogP contribution in [-0.2, 0) is 0 Å². The Morgan fingerprint density at radius 3 is 3.06 bits per heavy atom. The molecule has 1 atom stereocenters. The first-order valence-corrected chi connectivity index (χ1v) is 5.96. The molecule has 3 heterocycles. The minimum atomic E-state index is 0.480. The van der Waals surface area contributed by atoms with Gasteiger partial charge in [0.1, 0.15) is 0 Å². The van der Waals surface area contributed by atoms with Gasteiger partial charge in [0.2, 0.25) is 0 Å². The molecule has 0 radical (unpaired) electrons. The van der Waals surface area contributed by atoms with Crippen molar-refractivity contribution in [3.05, 3.63) is 18.0 Å². The Hall–Kier alpha value is -1.20. The van der Waals surface area contributed by atoms with E-state index in [1.807, 2.05) is 6.20 Å². The summed E-state index contributed by atoms with van der Waals surface area (Å²) in [6.45, 7) is 4.12. The Labute approximate surface area is 94.9 Å². The standard InChI is InChI=1S/C11H17N5/c1-4-12-5-2-9(1)11-8-14-15-16(11)10-3-6-13-7-10/h1,8,10,12-13H,2-7H2. The summed E-state index contributed by atoms with van der Waals surface area (Å²) in [6, 6.07) is 0.480. The summed E-state index contributed by atoms with van der Waals surface area (Å²) in [5.41, 5.74) is 2.59. The number of hydrogen-bond donors (Lipinski definition) is 2. The van der Waals surface area contributed by atoms with Crippen LogP contribution >= 0.6 is 0 Å². The van der Waals surface area contributed by atoms with Crippen molar-refractivity contribution in [2.75, 3.05) is 26.2 Å². The van der Waals surface area contributed by atoms with Gasteiger partial charge in [-0.25, -0.2) is 4.68 Å². The number of nitrogens with zero attached hydrogens (tertiary/aromatic N) is 3. The Morgan fingerprint density at radius 2 is 2.31 bits per heavy atom. The summed E-state index contributed by atoms with van der Waals surface area (Å²) in [4.78, 5) is 0. The van der Waals surface area contributed by atoms with E-state index in [-0.39, 0.29) is 0 Å². The number of nitrogens with one attached hydrogen (secondary N) is 2. The molecule has 16 heavy (non-hydrogen) atoms. The highest BCUT2D eigenvalue weighted by Crippen LogP contribution is 2.23. The molecule has 0 amide bonds.